The summed E-state index contributed by atoms with van der Waals surface area (Å²) >= 11 is 0. The summed E-state index contributed by atoms with van der Waals surface area (Å²) in [7, 11) is 0. The van der Waals surface area contributed by atoms with Gasteiger partial charge in [0.15, 0.2) is 0 Å². The van der Waals surface area contributed by atoms with Gasteiger partial charge in [-0.1, -0.05) is 24.3 Å². The maximum Gasteiger partial charge on any atom is 0.258 e. The van der Waals surface area contributed by atoms with E-state index in [0.29, 0.717) is 24.6 Å². The van der Waals surface area contributed by atoms with E-state index in [0.717, 1.165) is 17.0 Å². The summed E-state index contributed by atoms with van der Waals surface area (Å²) in [6, 6.07) is 8.14. The molecule has 3 rings (SSSR count). The van der Waals surface area contributed by atoms with E-state index in [1.807, 2.05) is 29.7 Å². The average molecular weight is 291 g/mol. The van der Waals surface area contributed by atoms with Gasteiger partial charge >= 0.3 is 0 Å². The predicted molar refractivity (Wildman–Crippen MR) is 85.8 cm³/mol. The Morgan fingerprint density at radius 2 is 2.09 bits per heavy atom. The Hall–Kier alpha value is -2.80. The quantitative estimate of drug-likeness (QED) is 0.693. The van der Waals surface area contributed by atoms with Crippen LogP contribution in [0.25, 0.3) is 5.65 Å². The number of rotatable bonds is 4. The smallest absolute Gasteiger partial charge is 0.258 e. The van der Waals surface area contributed by atoms with Gasteiger partial charge in [0, 0.05) is 12.4 Å². The number of imidazole rings is 1. The van der Waals surface area contributed by atoms with Crippen LogP contribution in [0.1, 0.15) is 22.5 Å². The van der Waals surface area contributed by atoms with Crippen LogP contribution in [0, 0.1) is 26.2 Å². The van der Waals surface area contributed by atoms with Crippen LogP contribution in [0.5, 0.6) is 5.88 Å². The molecular weight excluding hydrogens is 274 g/mol. The van der Waals surface area contributed by atoms with Gasteiger partial charge in [0.05, 0.1) is 17.8 Å². The molecule has 0 radical (unpaired) electrons. The molecule has 0 aliphatic carbocycles. The second-order valence-corrected chi connectivity index (χ2v) is 5.17. The third-order valence-electron chi connectivity index (χ3n) is 3.70. The van der Waals surface area contributed by atoms with Gasteiger partial charge in [-0.15, -0.1) is 12.3 Å². The first-order valence-corrected chi connectivity index (χ1v) is 7.14. The van der Waals surface area contributed by atoms with E-state index >= 15 is 0 Å². The molecule has 3 aromatic rings. The third kappa shape index (κ3) is 2.53. The number of fused-ring (bicyclic) bond motifs is 1. The van der Waals surface area contributed by atoms with E-state index < -0.39 is 0 Å². The van der Waals surface area contributed by atoms with E-state index in [4.69, 9.17) is 11.2 Å². The van der Waals surface area contributed by atoms with Gasteiger partial charge in [-0.25, -0.2) is 9.97 Å². The lowest BCUT2D eigenvalue weighted by atomic mass is 10.1. The lowest BCUT2D eigenvalue weighted by Crippen LogP contribution is -2.02. The average Bonchev–Trinajstić information content (AvgIpc) is 2.84. The minimum atomic E-state index is 0.468. The number of hydrogen-bond donors (Lipinski definition) is 0. The van der Waals surface area contributed by atoms with Crippen LogP contribution < -0.4 is 4.74 Å². The van der Waals surface area contributed by atoms with E-state index in [-0.39, 0.29) is 0 Å². The highest BCUT2D eigenvalue weighted by Crippen LogP contribution is 2.21. The Morgan fingerprint density at radius 1 is 1.27 bits per heavy atom. The fourth-order valence-corrected chi connectivity index (χ4v) is 2.45. The van der Waals surface area contributed by atoms with Crippen LogP contribution in [0.2, 0.25) is 0 Å². The second kappa shape index (κ2) is 5.90. The zero-order chi connectivity index (χ0) is 15.5. The summed E-state index contributed by atoms with van der Waals surface area (Å²) in [5.41, 5.74) is 4.95. The number of nitrogens with zero attached hydrogens (tertiary/aromatic N) is 3. The monoisotopic (exact) mass is 291 g/mol. The van der Waals surface area contributed by atoms with Crippen LogP contribution >= 0.6 is 0 Å². The number of aryl methyl sites for hydroxylation is 2. The van der Waals surface area contributed by atoms with Crippen molar-refractivity contribution in [1.29, 1.82) is 0 Å². The van der Waals surface area contributed by atoms with Crippen molar-refractivity contribution in [2.24, 2.45) is 0 Å². The predicted octanol–water partition coefficient (Wildman–Crippen LogP) is 3.10. The summed E-state index contributed by atoms with van der Waals surface area (Å²) in [6.07, 6.45) is 9.54. The standard InChI is InChI=1S/C18H17N3O/c1-4-7-16-14(3)20-17-18(19-10-11-21(16)17)22-12-15-9-6-5-8-13(15)2/h1,5-6,8-11H,7,12H2,2-3H3. The van der Waals surface area contributed by atoms with E-state index in [2.05, 4.69) is 34.9 Å². The van der Waals surface area contributed by atoms with E-state index in [9.17, 15) is 0 Å². The lowest BCUT2D eigenvalue weighted by molar-refractivity contribution is 0.295. The molecule has 4 nitrogen and oxygen atoms in total. The first-order chi connectivity index (χ1) is 10.7. The zero-order valence-corrected chi connectivity index (χ0v) is 12.7. The molecule has 0 amide bonds. The summed E-state index contributed by atoms with van der Waals surface area (Å²) in [5, 5.41) is 0. The molecule has 22 heavy (non-hydrogen) atoms. The summed E-state index contributed by atoms with van der Waals surface area (Å²) < 4.78 is 7.84. The molecule has 0 bridgehead atoms. The molecule has 0 aliphatic rings. The van der Waals surface area contributed by atoms with Gasteiger partial charge in [-0.2, -0.15) is 0 Å². The molecule has 0 saturated heterocycles. The van der Waals surface area contributed by atoms with Crippen LogP contribution in [0.4, 0.5) is 0 Å². The topological polar surface area (TPSA) is 39.4 Å². The van der Waals surface area contributed by atoms with Crippen LogP contribution in [0.3, 0.4) is 0 Å². The molecule has 0 aliphatic heterocycles. The van der Waals surface area contributed by atoms with Crippen molar-refractivity contribution in [1.82, 2.24) is 14.4 Å². The van der Waals surface area contributed by atoms with Crippen molar-refractivity contribution in [3.63, 3.8) is 0 Å². The summed E-state index contributed by atoms with van der Waals surface area (Å²) in [5.74, 6) is 3.19. The Bertz CT molecular complexity index is 858. The number of hydrogen-bond acceptors (Lipinski definition) is 3. The SMILES string of the molecule is C#CCc1c(C)nc2c(OCc3ccccc3C)nccn12. The Labute approximate surface area is 129 Å². The maximum atomic E-state index is 5.89. The number of terminal acetylenes is 1. The molecule has 0 unspecified atom stereocenters. The van der Waals surface area contributed by atoms with Gasteiger partial charge < -0.3 is 4.74 Å². The van der Waals surface area contributed by atoms with Gasteiger partial charge in [0.2, 0.25) is 5.65 Å². The molecule has 0 atom stereocenters. The molecule has 110 valence electrons. The molecule has 1 aromatic carbocycles. The first-order valence-electron chi connectivity index (χ1n) is 7.14. The van der Waals surface area contributed by atoms with Crippen LogP contribution in [0.15, 0.2) is 36.7 Å². The molecule has 0 fully saturated rings. The minimum Gasteiger partial charge on any atom is -0.470 e. The van der Waals surface area contributed by atoms with Crippen molar-refractivity contribution < 1.29 is 4.74 Å². The molecule has 0 spiro atoms. The molecule has 4 heteroatoms. The Morgan fingerprint density at radius 3 is 2.86 bits per heavy atom. The van der Waals surface area contributed by atoms with Gasteiger partial charge in [-0.05, 0) is 25.0 Å². The molecule has 2 aromatic heterocycles. The van der Waals surface area contributed by atoms with E-state index in [1.165, 1.54) is 5.56 Å². The maximum absolute atomic E-state index is 5.89. The normalized spacial score (nSPS) is 10.6. The first kappa shape index (κ1) is 14.2. The molecule has 0 N–H and O–H groups in total. The van der Waals surface area contributed by atoms with Crippen molar-refractivity contribution in [3.05, 3.63) is 59.2 Å². The third-order valence-corrected chi connectivity index (χ3v) is 3.70. The summed E-state index contributed by atoms with van der Waals surface area (Å²) in [6.45, 7) is 4.48. The van der Waals surface area contributed by atoms with Gasteiger partial charge in [-0.3, -0.25) is 4.40 Å². The Balaban J connectivity index is 1.93. The highest BCUT2D eigenvalue weighted by molar-refractivity contribution is 5.52. The molecular formula is C18H17N3O. The zero-order valence-electron chi connectivity index (χ0n) is 12.7. The molecule has 0 saturated carbocycles. The van der Waals surface area contributed by atoms with Crippen molar-refractivity contribution in [2.45, 2.75) is 26.9 Å². The second-order valence-electron chi connectivity index (χ2n) is 5.17. The van der Waals surface area contributed by atoms with Crippen molar-refractivity contribution in [3.8, 4) is 18.2 Å². The fourth-order valence-electron chi connectivity index (χ4n) is 2.45. The van der Waals surface area contributed by atoms with Gasteiger partial charge in [0.25, 0.3) is 5.88 Å². The van der Waals surface area contributed by atoms with Crippen molar-refractivity contribution >= 4 is 5.65 Å². The number of aromatic nitrogens is 3. The number of benzene rings is 1. The van der Waals surface area contributed by atoms with Crippen LogP contribution in [-0.2, 0) is 13.0 Å². The van der Waals surface area contributed by atoms with Crippen molar-refractivity contribution in [2.75, 3.05) is 0 Å². The van der Waals surface area contributed by atoms with E-state index in [1.54, 1.807) is 6.20 Å². The minimum absolute atomic E-state index is 0.468. The van der Waals surface area contributed by atoms with Crippen LogP contribution in [-0.4, -0.2) is 14.4 Å². The molecule has 2 heterocycles. The fraction of sp³-hybridized carbons (Fsp3) is 0.222. The largest absolute Gasteiger partial charge is 0.470 e. The highest BCUT2D eigenvalue weighted by Gasteiger charge is 2.13. The van der Waals surface area contributed by atoms with Gasteiger partial charge in [0.1, 0.15) is 6.61 Å². The Kier molecular flexibility index (Phi) is 3.80. The lowest BCUT2D eigenvalue weighted by Gasteiger charge is -2.08. The number of ether oxygens (including phenoxy) is 1. The highest BCUT2D eigenvalue weighted by atomic mass is 16.5. The summed E-state index contributed by atoms with van der Waals surface area (Å²) in [4.78, 5) is 8.86.